The lowest BCUT2D eigenvalue weighted by molar-refractivity contribution is -0.132. The minimum absolute atomic E-state index is 0.0284. The molecule has 0 saturated carbocycles. The van der Waals surface area contributed by atoms with Crippen LogP contribution in [0.2, 0.25) is 0 Å². The van der Waals surface area contributed by atoms with Crippen molar-refractivity contribution in [3.8, 4) is 0 Å². The fourth-order valence-electron chi connectivity index (χ4n) is 2.56. The summed E-state index contributed by atoms with van der Waals surface area (Å²) in [6.07, 6.45) is 2.08. The lowest BCUT2D eigenvalue weighted by Gasteiger charge is -2.28. The lowest BCUT2D eigenvalue weighted by Crippen LogP contribution is -2.42. The van der Waals surface area contributed by atoms with Crippen molar-refractivity contribution in [3.05, 3.63) is 35.6 Å². The van der Waals surface area contributed by atoms with Crippen molar-refractivity contribution in [3.63, 3.8) is 0 Å². The number of carbonyl (C=O) groups is 1. The SMILES string of the molecule is CCCN(C(=O)Cc1ccccc1F)C1CCNC1. The van der Waals surface area contributed by atoms with E-state index >= 15 is 0 Å². The van der Waals surface area contributed by atoms with Gasteiger partial charge in [0, 0.05) is 19.1 Å². The molecule has 1 N–H and O–H groups in total. The van der Waals surface area contributed by atoms with Crippen molar-refractivity contribution in [1.82, 2.24) is 10.2 Å². The monoisotopic (exact) mass is 264 g/mol. The van der Waals surface area contributed by atoms with Crippen LogP contribution in [0.15, 0.2) is 24.3 Å². The molecule has 1 aliphatic heterocycles. The van der Waals surface area contributed by atoms with Crippen molar-refractivity contribution in [2.45, 2.75) is 32.2 Å². The number of hydrogen-bond acceptors (Lipinski definition) is 2. The third-order valence-electron chi connectivity index (χ3n) is 3.56. The molecule has 0 radical (unpaired) electrons. The highest BCUT2D eigenvalue weighted by Gasteiger charge is 2.26. The minimum atomic E-state index is -0.295. The van der Waals surface area contributed by atoms with E-state index in [1.807, 2.05) is 4.90 Å². The van der Waals surface area contributed by atoms with Crippen LogP contribution in [0.25, 0.3) is 0 Å². The van der Waals surface area contributed by atoms with Crippen LogP contribution in [0.3, 0.4) is 0 Å². The van der Waals surface area contributed by atoms with Gasteiger partial charge in [0.1, 0.15) is 5.82 Å². The molecule has 1 aliphatic rings. The fraction of sp³-hybridized carbons (Fsp3) is 0.533. The first-order valence-electron chi connectivity index (χ1n) is 6.96. The van der Waals surface area contributed by atoms with E-state index in [2.05, 4.69) is 12.2 Å². The fourth-order valence-corrected chi connectivity index (χ4v) is 2.56. The normalized spacial score (nSPS) is 18.5. The summed E-state index contributed by atoms with van der Waals surface area (Å²) in [6, 6.07) is 6.77. The van der Waals surface area contributed by atoms with Gasteiger partial charge in [-0.1, -0.05) is 25.1 Å². The zero-order chi connectivity index (χ0) is 13.7. The Morgan fingerprint density at radius 1 is 1.47 bits per heavy atom. The Kier molecular flexibility index (Phi) is 4.91. The molecule has 1 aromatic rings. The summed E-state index contributed by atoms with van der Waals surface area (Å²) in [7, 11) is 0. The van der Waals surface area contributed by atoms with Gasteiger partial charge in [0.25, 0.3) is 0 Å². The number of rotatable bonds is 5. The average Bonchev–Trinajstić information content (AvgIpc) is 2.92. The van der Waals surface area contributed by atoms with Gasteiger partial charge in [-0.05, 0) is 31.0 Å². The van der Waals surface area contributed by atoms with Crippen LogP contribution < -0.4 is 5.32 Å². The molecule has 0 aliphatic carbocycles. The predicted octanol–water partition coefficient (Wildman–Crippen LogP) is 1.97. The first-order chi connectivity index (χ1) is 9.22. The quantitative estimate of drug-likeness (QED) is 0.882. The van der Waals surface area contributed by atoms with E-state index in [4.69, 9.17) is 0 Å². The van der Waals surface area contributed by atoms with Crippen molar-refractivity contribution in [1.29, 1.82) is 0 Å². The highest BCUT2D eigenvalue weighted by atomic mass is 19.1. The third-order valence-corrected chi connectivity index (χ3v) is 3.56. The highest BCUT2D eigenvalue weighted by molar-refractivity contribution is 5.79. The van der Waals surface area contributed by atoms with E-state index in [0.29, 0.717) is 5.56 Å². The zero-order valence-electron chi connectivity index (χ0n) is 11.4. The number of nitrogens with zero attached hydrogens (tertiary/aromatic N) is 1. The maximum absolute atomic E-state index is 13.6. The molecule has 1 fully saturated rings. The number of amides is 1. The molecule has 3 nitrogen and oxygen atoms in total. The molecule has 1 saturated heterocycles. The van der Waals surface area contributed by atoms with Crippen molar-refractivity contribution < 1.29 is 9.18 Å². The molecular weight excluding hydrogens is 243 g/mol. The molecule has 0 bridgehead atoms. The molecule has 104 valence electrons. The van der Waals surface area contributed by atoms with Crippen LogP contribution >= 0.6 is 0 Å². The van der Waals surface area contributed by atoms with Crippen LogP contribution in [0.5, 0.6) is 0 Å². The standard InChI is InChI=1S/C15H21FN2O/c1-2-9-18(13-7-8-17-11-13)15(19)10-12-5-3-4-6-14(12)16/h3-6,13,17H,2,7-11H2,1H3. The molecule has 4 heteroatoms. The second-order valence-electron chi connectivity index (χ2n) is 5.00. The molecule has 2 rings (SSSR count). The Bertz CT molecular complexity index is 430. The van der Waals surface area contributed by atoms with E-state index < -0.39 is 0 Å². The number of nitrogens with one attached hydrogen (secondary N) is 1. The minimum Gasteiger partial charge on any atom is -0.338 e. The first-order valence-corrected chi connectivity index (χ1v) is 6.96. The second kappa shape index (κ2) is 6.66. The van der Waals surface area contributed by atoms with Crippen LogP contribution in [-0.4, -0.2) is 36.5 Å². The Hall–Kier alpha value is -1.42. The Balaban J connectivity index is 2.05. The van der Waals surface area contributed by atoms with E-state index in [0.717, 1.165) is 32.5 Å². The Morgan fingerprint density at radius 2 is 2.26 bits per heavy atom. The maximum Gasteiger partial charge on any atom is 0.227 e. The van der Waals surface area contributed by atoms with E-state index in [1.165, 1.54) is 6.07 Å². The molecule has 1 heterocycles. The number of carbonyl (C=O) groups excluding carboxylic acids is 1. The largest absolute Gasteiger partial charge is 0.338 e. The van der Waals surface area contributed by atoms with E-state index in [1.54, 1.807) is 18.2 Å². The number of hydrogen-bond donors (Lipinski definition) is 1. The van der Waals surface area contributed by atoms with Gasteiger partial charge >= 0.3 is 0 Å². The summed E-state index contributed by atoms with van der Waals surface area (Å²) in [5, 5.41) is 3.27. The first kappa shape index (κ1) is 14.0. The third kappa shape index (κ3) is 3.53. The molecule has 1 amide bonds. The van der Waals surface area contributed by atoms with Crippen LogP contribution in [0.1, 0.15) is 25.3 Å². The Morgan fingerprint density at radius 3 is 2.89 bits per heavy atom. The van der Waals surface area contributed by atoms with E-state index in [-0.39, 0.29) is 24.2 Å². The number of benzene rings is 1. The smallest absolute Gasteiger partial charge is 0.227 e. The van der Waals surface area contributed by atoms with Crippen molar-refractivity contribution >= 4 is 5.91 Å². The maximum atomic E-state index is 13.6. The van der Waals surface area contributed by atoms with Gasteiger partial charge in [0.2, 0.25) is 5.91 Å². The van der Waals surface area contributed by atoms with Gasteiger partial charge in [-0.3, -0.25) is 4.79 Å². The summed E-state index contributed by atoms with van der Waals surface area (Å²) in [4.78, 5) is 14.3. The van der Waals surface area contributed by atoms with Crippen LogP contribution in [0, 0.1) is 5.82 Å². The Labute approximate surface area is 113 Å². The molecular formula is C15H21FN2O. The van der Waals surface area contributed by atoms with Gasteiger partial charge in [-0.25, -0.2) is 4.39 Å². The molecule has 1 atom stereocenters. The van der Waals surface area contributed by atoms with Crippen LogP contribution in [0.4, 0.5) is 4.39 Å². The summed E-state index contributed by atoms with van der Waals surface area (Å²) in [5.74, 6) is -0.266. The average molecular weight is 264 g/mol. The summed E-state index contributed by atoms with van der Waals surface area (Å²) in [5.41, 5.74) is 0.486. The van der Waals surface area contributed by atoms with Gasteiger partial charge in [-0.15, -0.1) is 0 Å². The predicted molar refractivity (Wildman–Crippen MR) is 73.4 cm³/mol. The molecule has 1 aromatic carbocycles. The topological polar surface area (TPSA) is 32.3 Å². The summed E-state index contributed by atoms with van der Waals surface area (Å²) < 4.78 is 13.6. The van der Waals surface area contributed by atoms with Crippen molar-refractivity contribution in [2.24, 2.45) is 0 Å². The van der Waals surface area contributed by atoms with Gasteiger partial charge in [0.15, 0.2) is 0 Å². The lowest BCUT2D eigenvalue weighted by atomic mass is 10.1. The number of halogens is 1. The highest BCUT2D eigenvalue weighted by Crippen LogP contribution is 2.14. The van der Waals surface area contributed by atoms with Crippen molar-refractivity contribution in [2.75, 3.05) is 19.6 Å². The summed E-state index contributed by atoms with van der Waals surface area (Å²) >= 11 is 0. The molecule has 0 aromatic heterocycles. The zero-order valence-corrected chi connectivity index (χ0v) is 11.4. The second-order valence-corrected chi connectivity index (χ2v) is 5.00. The van der Waals surface area contributed by atoms with Gasteiger partial charge in [0.05, 0.1) is 6.42 Å². The van der Waals surface area contributed by atoms with E-state index in [9.17, 15) is 9.18 Å². The van der Waals surface area contributed by atoms with Crippen LogP contribution in [-0.2, 0) is 11.2 Å². The van der Waals surface area contributed by atoms with Gasteiger partial charge in [-0.2, -0.15) is 0 Å². The molecule has 1 unspecified atom stereocenters. The molecule has 19 heavy (non-hydrogen) atoms. The van der Waals surface area contributed by atoms with Gasteiger partial charge < -0.3 is 10.2 Å². The molecule has 0 spiro atoms. The summed E-state index contributed by atoms with van der Waals surface area (Å²) in [6.45, 7) is 4.62.